The standard InChI is InChI=1S/C13H14N2O/c1-9-4-5-13(12(6-9)8-16)15-7-10(2)14-11(15)3/h4-8H,1-3H3. The molecular formula is C13H14N2O. The minimum atomic E-state index is 0.695. The normalized spacial score (nSPS) is 10.4. The van der Waals surface area contributed by atoms with E-state index in [4.69, 9.17) is 0 Å². The van der Waals surface area contributed by atoms with Gasteiger partial charge in [-0.05, 0) is 32.9 Å². The molecule has 0 aliphatic heterocycles. The van der Waals surface area contributed by atoms with E-state index in [2.05, 4.69) is 4.98 Å². The lowest BCUT2D eigenvalue weighted by molar-refractivity contribution is 0.112. The minimum Gasteiger partial charge on any atom is -0.303 e. The lowest BCUT2D eigenvalue weighted by atomic mass is 10.1. The van der Waals surface area contributed by atoms with E-state index in [0.717, 1.165) is 29.1 Å². The fourth-order valence-corrected chi connectivity index (χ4v) is 1.85. The zero-order valence-electron chi connectivity index (χ0n) is 9.69. The third-order valence-corrected chi connectivity index (χ3v) is 2.57. The Morgan fingerprint density at radius 1 is 1.25 bits per heavy atom. The molecule has 0 aliphatic carbocycles. The molecule has 0 saturated carbocycles. The molecule has 1 aromatic carbocycles. The average molecular weight is 214 g/mol. The summed E-state index contributed by atoms with van der Waals surface area (Å²) in [4.78, 5) is 15.4. The smallest absolute Gasteiger partial charge is 0.152 e. The molecule has 0 unspecified atom stereocenters. The van der Waals surface area contributed by atoms with Gasteiger partial charge in [0.2, 0.25) is 0 Å². The highest BCUT2D eigenvalue weighted by atomic mass is 16.1. The van der Waals surface area contributed by atoms with Gasteiger partial charge in [0, 0.05) is 11.8 Å². The van der Waals surface area contributed by atoms with Crippen molar-refractivity contribution in [3.63, 3.8) is 0 Å². The number of imidazole rings is 1. The summed E-state index contributed by atoms with van der Waals surface area (Å²) < 4.78 is 1.94. The largest absolute Gasteiger partial charge is 0.303 e. The third kappa shape index (κ3) is 1.76. The average Bonchev–Trinajstić information content (AvgIpc) is 2.57. The molecule has 0 amide bonds. The van der Waals surface area contributed by atoms with Gasteiger partial charge in [0.15, 0.2) is 6.29 Å². The molecule has 0 spiro atoms. The number of nitrogens with zero attached hydrogens (tertiary/aromatic N) is 2. The molecule has 0 aliphatic rings. The Morgan fingerprint density at radius 2 is 2.00 bits per heavy atom. The number of aryl methyl sites for hydroxylation is 3. The topological polar surface area (TPSA) is 34.9 Å². The second kappa shape index (κ2) is 3.93. The zero-order chi connectivity index (χ0) is 11.7. The van der Waals surface area contributed by atoms with Gasteiger partial charge in [0.1, 0.15) is 5.82 Å². The molecule has 0 N–H and O–H groups in total. The molecule has 3 heteroatoms. The van der Waals surface area contributed by atoms with Crippen LogP contribution in [0.25, 0.3) is 5.69 Å². The molecule has 2 aromatic rings. The van der Waals surface area contributed by atoms with Crippen molar-refractivity contribution in [2.75, 3.05) is 0 Å². The van der Waals surface area contributed by atoms with Gasteiger partial charge in [-0.25, -0.2) is 4.98 Å². The van der Waals surface area contributed by atoms with E-state index in [1.165, 1.54) is 0 Å². The molecule has 0 bridgehead atoms. The van der Waals surface area contributed by atoms with E-state index in [-0.39, 0.29) is 0 Å². The number of rotatable bonds is 2. The van der Waals surface area contributed by atoms with Crippen molar-refractivity contribution in [3.05, 3.63) is 47.0 Å². The summed E-state index contributed by atoms with van der Waals surface area (Å²) in [7, 11) is 0. The van der Waals surface area contributed by atoms with Crippen LogP contribution in [0.1, 0.15) is 27.4 Å². The lowest BCUT2D eigenvalue weighted by Crippen LogP contribution is -2.00. The highest BCUT2D eigenvalue weighted by molar-refractivity contribution is 5.81. The fraction of sp³-hybridized carbons (Fsp3) is 0.231. The van der Waals surface area contributed by atoms with Gasteiger partial charge in [-0.15, -0.1) is 0 Å². The molecule has 0 saturated heterocycles. The predicted octanol–water partition coefficient (Wildman–Crippen LogP) is 2.61. The molecule has 0 radical (unpaired) electrons. The maximum atomic E-state index is 11.0. The SMILES string of the molecule is Cc1ccc(-n2cc(C)nc2C)c(C=O)c1. The third-order valence-electron chi connectivity index (χ3n) is 2.57. The summed E-state index contributed by atoms with van der Waals surface area (Å²) in [5, 5.41) is 0. The Balaban J connectivity index is 2.63. The monoisotopic (exact) mass is 214 g/mol. The second-order valence-corrected chi connectivity index (χ2v) is 3.98. The number of aromatic nitrogens is 2. The van der Waals surface area contributed by atoms with Gasteiger partial charge in [0.25, 0.3) is 0 Å². The summed E-state index contributed by atoms with van der Waals surface area (Å²) in [6.45, 7) is 5.85. The number of benzene rings is 1. The summed E-state index contributed by atoms with van der Waals surface area (Å²) in [6.07, 6.45) is 2.82. The van der Waals surface area contributed by atoms with E-state index >= 15 is 0 Å². The summed E-state index contributed by atoms with van der Waals surface area (Å²) in [6, 6.07) is 5.83. The summed E-state index contributed by atoms with van der Waals surface area (Å²) in [5.74, 6) is 0.893. The van der Waals surface area contributed by atoms with E-state index in [1.54, 1.807) is 0 Å². The van der Waals surface area contributed by atoms with Crippen molar-refractivity contribution in [3.8, 4) is 5.69 Å². The van der Waals surface area contributed by atoms with Gasteiger partial charge >= 0.3 is 0 Å². The minimum absolute atomic E-state index is 0.695. The Bertz CT molecular complexity index is 541. The first kappa shape index (κ1) is 10.6. The van der Waals surface area contributed by atoms with E-state index in [9.17, 15) is 4.79 Å². The van der Waals surface area contributed by atoms with Crippen LogP contribution in [0.3, 0.4) is 0 Å². The Hall–Kier alpha value is -1.90. The van der Waals surface area contributed by atoms with Crippen molar-refractivity contribution in [2.24, 2.45) is 0 Å². The van der Waals surface area contributed by atoms with Gasteiger partial charge in [-0.3, -0.25) is 4.79 Å². The van der Waals surface area contributed by atoms with Crippen molar-refractivity contribution in [2.45, 2.75) is 20.8 Å². The molecule has 3 nitrogen and oxygen atoms in total. The first-order valence-electron chi connectivity index (χ1n) is 5.20. The van der Waals surface area contributed by atoms with Crippen molar-refractivity contribution in [1.82, 2.24) is 9.55 Å². The van der Waals surface area contributed by atoms with Gasteiger partial charge in [-0.2, -0.15) is 0 Å². The van der Waals surface area contributed by atoms with Gasteiger partial charge < -0.3 is 4.57 Å². The lowest BCUT2D eigenvalue weighted by Gasteiger charge is -2.08. The van der Waals surface area contributed by atoms with Crippen LogP contribution in [0.4, 0.5) is 0 Å². The highest BCUT2D eigenvalue weighted by Crippen LogP contribution is 2.17. The summed E-state index contributed by atoms with van der Waals surface area (Å²) in [5.41, 5.74) is 3.62. The molecule has 0 atom stereocenters. The Labute approximate surface area is 94.7 Å². The van der Waals surface area contributed by atoms with Crippen LogP contribution in [0.15, 0.2) is 24.4 Å². The number of aldehydes is 1. The van der Waals surface area contributed by atoms with E-state index in [0.29, 0.717) is 5.56 Å². The Morgan fingerprint density at radius 3 is 2.56 bits per heavy atom. The maximum absolute atomic E-state index is 11.0. The van der Waals surface area contributed by atoms with Crippen LogP contribution in [0.5, 0.6) is 0 Å². The van der Waals surface area contributed by atoms with Crippen LogP contribution in [-0.4, -0.2) is 15.8 Å². The van der Waals surface area contributed by atoms with Crippen molar-refractivity contribution < 1.29 is 4.79 Å². The quantitative estimate of drug-likeness (QED) is 0.720. The summed E-state index contributed by atoms with van der Waals surface area (Å²) >= 11 is 0. The van der Waals surface area contributed by atoms with Crippen LogP contribution >= 0.6 is 0 Å². The number of hydrogen-bond acceptors (Lipinski definition) is 2. The highest BCUT2D eigenvalue weighted by Gasteiger charge is 2.07. The molecular weight excluding hydrogens is 200 g/mol. The first-order valence-corrected chi connectivity index (χ1v) is 5.20. The molecule has 2 rings (SSSR count). The van der Waals surface area contributed by atoms with Crippen LogP contribution in [0, 0.1) is 20.8 Å². The maximum Gasteiger partial charge on any atom is 0.152 e. The predicted molar refractivity (Wildman–Crippen MR) is 63.2 cm³/mol. The zero-order valence-corrected chi connectivity index (χ0v) is 9.69. The fourth-order valence-electron chi connectivity index (χ4n) is 1.85. The van der Waals surface area contributed by atoms with E-state index < -0.39 is 0 Å². The van der Waals surface area contributed by atoms with Gasteiger partial charge in [-0.1, -0.05) is 11.6 Å². The molecule has 16 heavy (non-hydrogen) atoms. The van der Waals surface area contributed by atoms with Crippen LogP contribution in [0.2, 0.25) is 0 Å². The van der Waals surface area contributed by atoms with Crippen molar-refractivity contribution in [1.29, 1.82) is 0 Å². The van der Waals surface area contributed by atoms with Crippen LogP contribution in [-0.2, 0) is 0 Å². The molecule has 0 fully saturated rings. The molecule has 1 heterocycles. The van der Waals surface area contributed by atoms with Crippen molar-refractivity contribution >= 4 is 6.29 Å². The Kier molecular flexibility index (Phi) is 2.60. The number of carbonyl (C=O) groups excluding carboxylic acids is 1. The second-order valence-electron chi connectivity index (χ2n) is 3.98. The molecule has 82 valence electrons. The number of hydrogen-bond donors (Lipinski definition) is 0. The van der Waals surface area contributed by atoms with E-state index in [1.807, 2.05) is 49.7 Å². The first-order chi connectivity index (χ1) is 7.61. The molecule has 1 aromatic heterocycles. The number of carbonyl (C=O) groups is 1. The van der Waals surface area contributed by atoms with Gasteiger partial charge in [0.05, 0.1) is 11.4 Å². The van der Waals surface area contributed by atoms with Crippen LogP contribution < -0.4 is 0 Å².